The fraction of sp³-hybridized carbons (Fsp3) is 0.450. The lowest BCUT2D eigenvalue weighted by Gasteiger charge is -2.24. The van der Waals surface area contributed by atoms with E-state index >= 15 is 0 Å². The van der Waals surface area contributed by atoms with Crippen molar-refractivity contribution in [3.05, 3.63) is 39.9 Å². The Kier molecular flexibility index (Phi) is 4.06. The third kappa shape index (κ3) is 2.46. The van der Waals surface area contributed by atoms with Gasteiger partial charge in [-0.15, -0.1) is 0 Å². The number of carbonyl (C=O) groups is 3. The molecule has 1 N–H and O–H groups in total. The minimum Gasteiger partial charge on any atom is -0.324 e. The molecule has 2 fully saturated rings. The van der Waals surface area contributed by atoms with E-state index in [1.807, 2.05) is 26.0 Å². The van der Waals surface area contributed by atoms with Gasteiger partial charge in [-0.05, 0) is 62.3 Å². The molecule has 26 heavy (non-hydrogen) atoms. The molecule has 3 aliphatic rings. The van der Waals surface area contributed by atoms with Crippen molar-refractivity contribution in [3.8, 4) is 0 Å². The fourth-order valence-electron chi connectivity index (χ4n) is 4.58. The van der Waals surface area contributed by atoms with Gasteiger partial charge in [0.1, 0.15) is 6.04 Å². The van der Waals surface area contributed by atoms with Crippen LogP contribution < -0.4 is 5.32 Å². The Morgan fingerprint density at radius 2 is 1.69 bits per heavy atom. The Bertz CT molecular complexity index is 833. The zero-order valence-electron chi connectivity index (χ0n) is 15.0. The monoisotopic (exact) mass is 416 g/mol. The Morgan fingerprint density at radius 3 is 2.27 bits per heavy atom. The van der Waals surface area contributed by atoms with Crippen molar-refractivity contribution in [1.82, 2.24) is 4.90 Å². The molecular weight excluding hydrogens is 396 g/mol. The Morgan fingerprint density at radius 1 is 1.12 bits per heavy atom. The number of fused-ring (bicyclic) bond motifs is 5. The molecule has 1 aromatic carbocycles. The number of nitrogens with zero attached hydrogens (tertiary/aromatic N) is 1. The summed E-state index contributed by atoms with van der Waals surface area (Å²) in [6.07, 6.45) is 5.00. The number of rotatable bonds is 3. The zero-order chi connectivity index (χ0) is 18.7. The van der Waals surface area contributed by atoms with Crippen molar-refractivity contribution in [2.24, 2.45) is 23.7 Å². The van der Waals surface area contributed by atoms with E-state index in [1.165, 1.54) is 4.90 Å². The number of hydrogen-bond acceptors (Lipinski definition) is 3. The molecule has 5 unspecified atom stereocenters. The molecule has 2 bridgehead atoms. The molecule has 5 nitrogen and oxygen atoms in total. The van der Waals surface area contributed by atoms with Gasteiger partial charge in [-0.3, -0.25) is 19.3 Å². The van der Waals surface area contributed by atoms with Crippen molar-refractivity contribution in [2.45, 2.75) is 33.2 Å². The number of halogens is 1. The highest BCUT2D eigenvalue weighted by Crippen LogP contribution is 2.52. The predicted octanol–water partition coefficient (Wildman–Crippen LogP) is 3.20. The van der Waals surface area contributed by atoms with Crippen LogP contribution in [0.1, 0.15) is 24.5 Å². The molecule has 1 saturated carbocycles. The summed E-state index contributed by atoms with van der Waals surface area (Å²) in [7, 11) is 0. The van der Waals surface area contributed by atoms with Gasteiger partial charge >= 0.3 is 0 Å². The van der Waals surface area contributed by atoms with E-state index in [1.54, 1.807) is 6.92 Å². The molecule has 136 valence electrons. The lowest BCUT2D eigenvalue weighted by Crippen LogP contribution is -2.46. The maximum Gasteiger partial charge on any atom is 0.247 e. The summed E-state index contributed by atoms with van der Waals surface area (Å²) < 4.78 is 0.974. The number of allylic oxidation sites excluding steroid dienone is 2. The van der Waals surface area contributed by atoms with E-state index in [-0.39, 0.29) is 41.4 Å². The van der Waals surface area contributed by atoms with Crippen LogP contribution in [0.5, 0.6) is 0 Å². The molecule has 1 heterocycles. The predicted molar refractivity (Wildman–Crippen MR) is 101 cm³/mol. The van der Waals surface area contributed by atoms with Gasteiger partial charge in [0.25, 0.3) is 0 Å². The zero-order valence-corrected chi connectivity index (χ0v) is 16.5. The first-order valence-corrected chi connectivity index (χ1v) is 9.71. The lowest BCUT2D eigenvalue weighted by atomic mass is 9.85. The summed E-state index contributed by atoms with van der Waals surface area (Å²) >= 11 is 3.47. The number of nitrogens with one attached hydrogen (secondary N) is 1. The highest BCUT2D eigenvalue weighted by Gasteiger charge is 2.60. The number of likely N-dealkylation sites (tertiary alicyclic amines) is 1. The summed E-state index contributed by atoms with van der Waals surface area (Å²) in [4.78, 5) is 39.6. The second-order valence-corrected chi connectivity index (χ2v) is 8.48. The molecule has 4 rings (SSSR count). The van der Waals surface area contributed by atoms with Crippen LogP contribution in [0.25, 0.3) is 0 Å². The van der Waals surface area contributed by atoms with Crippen LogP contribution in [-0.2, 0) is 14.4 Å². The third-order valence-electron chi connectivity index (χ3n) is 6.03. The van der Waals surface area contributed by atoms with E-state index < -0.39 is 6.04 Å². The molecule has 1 aliphatic heterocycles. The Balaban J connectivity index is 1.54. The molecule has 5 atom stereocenters. The van der Waals surface area contributed by atoms with Crippen LogP contribution in [0.2, 0.25) is 0 Å². The van der Waals surface area contributed by atoms with Crippen LogP contribution in [0.3, 0.4) is 0 Å². The number of benzene rings is 1. The quantitative estimate of drug-likeness (QED) is 0.607. The average Bonchev–Trinajstić information content (AvgIpc) is 3.26. The highest BCUT2D eigenvalue weighted by atomic mass is 79.9. The van der Waals surface area contributed by atoms with Crippen LogP contribution in [0.4, 0.5) is 5.69 Å². The highest BCUT2D eigenvalue weighted by molar-refractivity contribution is 9.10. The van der Waals surface area contributed by atoms with E-state index in [0.29, 0.717) is 5.69 Å². The Labute approximate surface area is 160 Å². The van der Waals surface area contributed by atoms with Crippen LogP contribution in [0, 0.1) is 37.5 Å². The average molecular weight is 417 g/mol. The topological polar surface area (TPSA) is 66.5 Å². The molecule has 2 aliphatic carbocycles. The fourth-order valence-corrected chi connectivity index (χ4v) is 5.03. The maximum absolute atomic E-state index is 12.8. The number of imide groups is 1. The standard InChI is InChI=1S/C20H21BrN2O3/c1-9-7-15(10(2)6-14(9)21)22-18(24)11(3)23-19(25)16-12-4-5-13(8-12)17(16)20(23)26/h4-7,11-13,16-17H,8H2,1-3H3,(H,22,24). The van der Waals surface area contributed by atoms with E-state index in [0.717, 1.165) is 22.0 Å². The molecule has 6 heteroatoms. The maximum atomic E-state index is 12.8. The third-order valence-corrected chi connectivity index (χ3v) is 6.89. The second kappa shape index (κ2) is 6.05. The summed E-state index contributed by atoms with van der Waals surface area (Å²) in [5.41, 5.74) is 2.62. The number of carbonyl (C=O) groups excluding carboxylic acids is 3. The first kappa shape index (κ1) is 17.5. The van der Waals surface area contributed by atoms with Crippen molar-refractivity contribution < 1.29 is 14.4 Å². The summed E-state index contributed by atoms with van der Waals surface area (Å²) in [6, 6.07) is 3.01. The molecule has 3 amide bonds. The summed E-state index contributed by atoms with van der Waals surface area (Å²) in [6.45, 7) is 5.48. The first-order valence-electron chi connectivity index (χ1n) is 8.92. The number of anilines is 1. The minimum absolute atomic E-state index is 0.151. The SMILES string of the molecule is Cc1cc(NC(=O)C(C)N2C(=O)C3C4C=CC(C4)C3C2=O)c(C)cc1Br. The van der Waals surface area contributed by atoms with Gasteiger partial charge in [-0.1, -0.05) is 28.1 Å². The van der Waals surface area contributed by atoms with Crippen LogP contribution in [-0.4, -0.2) is 28.7 Å². The van der Waals surface area contributed by atoms with Gasteiger partial charge < -0.3 is 5.32 Å². The molecule has 0 radical (unpaired) electrons. The van der Waals surface area contributed by atoms with Crippen molar-refractivity contribution >= 4 is 39.3 Å². The lowest BCUT2D eigenvalue weighted by molar-refractivity contribution is -0.146. The Hall–Kier alpha value is -1.95. The van der Waals surface area contributed by atoms with Gasteiger partial charge in [-0.25, -0.2) is 0 Å². The number of amides is 3. The van der Waals surface area contributed by atoms with Crippen molar-refractivity contribution in [3.63, 3.8) is 0 Å². The van der Waals surface area contributed by atoms with E-state index in [9.17, 15) is 14.4 Å². The molecule has 0 aromatic heterocycles. The largest absolute Gasteiger partial charge is 0.324 e. The number of aryl methyl sites for hydroxylation is 2. The normalized spacial score (nSPS) is 30.1. The summed E-state index contributed by atoms with van der Waals surface area (Å²) in [5, 5.41) is 2.88. The van der Waals surface area contributed by atoms with Crippen LogP contribution >= 0.6 is 15.9 Å². The van der Waals surface area contributed by atoms with Crippen molar-refractivity contribution in [1.29, 1.82) is 0 Å². The number of hydrogen-bond donors (Lipinski definition) is 1. The molecule has 1 aromatic rings. The van der Waals surface area contributed by atoms with Gasteiger partial charge in [0.15, 0.2) is 0 Å². The second-order valence-electron chi connectivity index (χ2n) is 7.63. The summed E-state index contributed by atoms with van der Waals surface area (Å²) in [5.74, 6) is -0.965. The van der Waals surface area contributed by atoms with Gasteiger partial charge in [0.05, 0.1) is 11.8 Å². The van der Waals surface area contributed by atoms with Gasteiger partial charge in [0.2, 0.25) is 17.7 Å². The van der Waals surface area contributed by atoms with E-state index in [2.05, 4.69) is 33.4 Å². The van der Waals surface area contributed by atoms with Gasteiger partial charge in [-0.2, -0.15) is 0 Å². The molecule has 1 saturated heterocycles. The minimum atomic E-state index is -0.816. The van der Waals surface area contributed by atoms with Gasteiger partial charge in [0, 0.05) is 10.2 Å². The molecular formula is C20H21BrN2O3. The van der Waals surface area contributed by atoms with E-state index in [4.69, 9.17) is 0 Å². The smallest absolute Gasteiger partial charge is 0.247 e. The van der Waals surface area contributed by atoms with Crippen molar-refractivity contribution in [2.75, 3.05) is 5.32 Å². The molecule has 0 spiro atoms. The first-order chi connectivity index (χ1) is 12.3. The van der Waals surface area contributed by atoms with Crippen LogP contribution in [0.15, 0.2) is 28.8 Å².